The molecule has 1 fully saturated rings. The van der Waals surface area contributed by atoms with Gasteiger partial charge in [0.2, 0.25) is 0 Å². The first-order valence-corrected chi connectivity index (χ1v) is 8.88. The standard InChI is InChI=1S/C19H25N3O4/c1-18(16(23)24)7-2-8-19(12-18,17(25)26)13-5-9-22(10-6-13)15-4-3-14(20)11-21-15/h2-4,8,11,13H,5-7,9-10,12,20H2,1H3,(H,23,24)(H,25,26). The van der Waals surface area contributed by atoms with Crippen LogP contribution in [0.2, 0.25) is 0 Å². The van der Waals surface area contributed by atoms with Crippen molar-refractivity contribution in [3.8, 4) is 0 Å². The zero-order valence-electron chi connectivity index (χ0n) is 14.9. The molecule has 4 N–H and O–H groups in total. The number of nitrogen functional groups attached to an aromatic ring is 1. The second kappa shape index (κ2) is 6.63. The lowest BCUT2D eigenvalue weighted by Gasteiger charge is -2.45. The van der Waals surface area contributed by atoms with Gasteiger partial charge in [0.25, 0.3) is 0 Å². The molecule has 140 valence electrons. The van der Waals surface area contributed by atoms with Gasteiger partial charge in [0.05, 0.1) is 22.7 Å². The summed E-state index contributed by atoms with van der Waals surface area (Å²) in [7, 11) is 0. The zero-order valence-corrected chi connectivity index (χ0v) is 14.9. The van der Waals surface area contributed by atoms with Crippen molar-refractivity contribution in [2.24, 2.45) is 16.7 Å². The lowest BCUT2D eigenvalue weighted by atomic mass is 9.59. The summed E-state index contributed by atoms with van der Waals surface area (Å²) in [6, 6.07) is 3.67. The minimum Gasteiger partial charge on any atom is -0.481 e. The van der Waals surface area contributed by atoms with E-state index in [0.717, 1.165) is 5.82 Å². The van der Waals surface area contributed by atoms with Crippen molar-refractivity contribution in [2.75, 3.05) is 23.7 Å². The zero-order chi connectivity index (χ0) is 18.9. The molecule has 0 radical (unpaired) electrons. The summed E-state index contributed by atoms with van der Waals surface area (Å²) in [5, 5.41) is 19.6. The molecule has 7 heteroatoms. The van der Waals surface area contributed by atoms with Crippen LogP contribution in [0.1, 0.15) is 32.6 Å². The van der Waals surface area contributed by atoms with E-state index in [4.69, 9.17) is 5.73 Å². The van der Waals surface area contributed by atoms with Crippen molar-refractivity contribution in [3.05, 3.63) is 30.5 Å². The van der Waals surface area contributed by atoms with Crippen LogP contribution >= 0.6 is 0 Å². The fourth-order valence-electron chi connectivity index (χ4n) is 4.28. The van der Waals surface area contributed by atoms with E-state index in [0.29, 0.717) is 38.0 Å². The molecule has 0 spiro atoms. The number of rotatable bonds is 4. The fourth-order valence-corrected chi connectivity index (χ4v) is 4.28. The molecule has 26 heavy (non-hydrogen) atoms. The second-order valence-corrected chi connectivity index (χ2v) is 7.71. The maximum Gasteiger partial charge on any atom is 0.313 e. The number of nitrogens with zero attached hydrogens (tertiary/aromatic N) is 2. The van der Waals surface area contributed by atoms with Gasteiger partial charge in [-0.3, -0.25) is 9.59 Å². The molecule has 1 aromatic heterocycles. The lowest BCUT2D eigenvalue weighted by Crippen LogP contribution is -2.49. The topological polar surface area (TPSA) is 117 Å². The van der Waals surface area contributed by atoms with Crippen molar-refractivity contribution < 1.29 is 19.8 Å². The Bertz CT molecular complexity index is 725. The second-order valence-electron chi connectivity index (χ2n) is 7.71. The number of hydrogen-bond donors (Lipinski definition) is 3. The van der Waals surface area contributed by atoms with Gasteiger partial charge < -0.3 is 20.8 Å². The summed E-state index contributed by atoms with van der Waals surface area (Å²) >= 11 is 0. The average molecular weight is 359 g/mol. The predicted octanol–water partition coefficient (Wildman–Crippen LogP) is 2.39. The molecule has 0 bridgehead atoms. The van der Waals surface area contributed by atoms with Crippen LogP contribution < -0.4 is 10.6 Å². The summed E-state index contributed by atoms with van der Waals surface area (Å²) in [5.41, 5.74) is 4.12. The monoisotopic (exact) mass is 359 g/mol. The van der Waals surface area contributed by atoms with Crippen molar-refractivity contribution >= 4 is 23.4 Å². The van der Waals surface area contributed by atoms with Crippen LogP contribution in [0.5, 0.6) is 0 Å². The minimum atomic E-state index is -1.12. The first kappa shape index (κ1) is 18.2. The Kier molecular flexibility index (Phi) is 4.64. The number of carbonyl (C=O) groups is 2. The van der Waals surface area contributed by atoms with Gasteiger partial charge in [-0.2, -0.15) is 0 Å². The molecule has 3 rings (SSSR count). The number of allylic oxidation sites excluding steroid dienone is 1. The molecule has 1 saturated heterocycles. The van der Waals surface area contributed by atoms with Gasteiger partial charge in [-0.1, -0.05) is 12.2 Å². The van der Waals surface area contributed by atoms with E-state index >= 15 is 0 Å². The number of piperidine rings is 1. The summed E-state index contributed by atoms with van der Waals surface area (Å²) in [4.78, 5) is 30.3. The maximum absolute atomic E-state index is 12.2. The van der Waals surface area contributed by atoms with Gasteiger partial charge in [0.1, 0.15) is 5.82 Å². The first-order chi connectivity index (χ1) is 12.3. The van der Waals surface area contributed by atoms with Crippen LogP contribution in [0.15, 0.2) is 30.5 Å². The molecular formula is C19H25N3O4. The summed E-state index contributed by atoms with van der Waals surface area (Å²) in [5.74, 6) is -1.13. The number of carboxylic acid groups (broad SMARTS) is 2. The third-order valence-corrected chi connectivity index (χ3v) is 5.90. The van der Waals surface area contributed by atoms with Gasteiger partial charge in [-0.25, -0.2) is 4.98 Å². The van der Waals surface area contributed by atoms with Crippen LogP contribution in [-0.4, -0.2) is 40.2 Å². The Morgan fingerprint density at radius 3 is 2.46 bits per heavy atom. The molecule has 2 heterocycles. The molecule has 0 aromatic carbocycles. The van der Waals surface area contributed by atoms with Crippen LogP contribution in [0.3, 0.4) is 0 Å². The minimum absolute atomic E-state index is 0.0970. The highest BCUT2D eigenvalue weighted by Crippen LogP contribution is 2.50. The number of anilines is 2. The summed E-state index contributed by atoms with van der Waals surface area (Å²) in [6.45, 7) is 3.02. The molecule has 2 unspecified atom stereocenters. The molecular weight excluding hydrogens is 334 g/mol. The summed E-state index contributed by atoms with van der Waals surface area (Å²) in [6.07, 6.45) is 6.94. The fraction of sp³-hybridized carbons (Fsp3) is 0.526. The quantitative estimate of drug-likeness (QED) is 0.707. The SMILES string of the molecule is CC1(C(=O)O)CC=CC(C(=O)O)(C2CCN(c3ccc(N)cn3)CC2)C1. The highest BCUT2D eigenvalue weighted by atomic mass is 16.4. The van der Waals surface area contributed by atoms with E-state index in [9.17, 15) is 19.8 Å². The Hall–Kier alpha value is -2.57. The van der Waals surface area contributed by atoms with Crippen LogP contribution in [0, 0.1) is 16.7 Å². The van der Waals surface area contributed by atoms with Crippen LogP contribution in [0.4, 0.5) is 11.5 Å². The Morgan fingerprint density at radius 2 is 1.92 bits per heavy atom. The largest absolute Gasteiger partial charge is 0.481 e. The molecule has 0 amide bonds. The van der Waals surface area contributed by atoms with Crippen molar-refractivity contribution in [1.29, 1.82) is 0 Å². The third kappa shape index (κ3) is 3.13. The van der Waals surface area contributed by atoms with E-state index < -0.39 is 22.8 Å². The van der Waals surface area contributed by atoms with Crippen LogP contribution in [-0.2, 0) is 9.59 Å². The highest BCUT2D eigenvalue weighted by molar-refractivity contribution is 5.82. The average Bonchev–Trinajstić information content (AvgIpc) is 2.62. The van der Waals surface area contributed by atoms with E-state index in [2.05, 4.69) is 9.88 Å². The number of aliphatic carboxylic acids is 2. The summed E-state index contributed by atoms with van der Waals surface area (Å²) < 4.78 is 0. The number of carboxylic acids is 2. The lowest BCUT2D eigenvalue weighted by molar-refractivity contribution is -0.158. The number of aromatic nitrogens is 1. The van der Waals surface area contributed by atoms with Gasteiger partial charge in [-0.15, -0.1) is 0 Å². The van der Waals surface area contributed by atoms with E-state index in [1.165, 1.54) is 0 Å². The van der Waals surface area contributed by atoms with E-state index in [1.807, 2.05) is 6.07 Å². The van der Waals surface area contributed by atoms with Crippen molar-refractivity contribution in [1.82, 2.24) is 4.98 Å². The van der Waals surface area contributed by atoms with Gasteiger partial charge in [-0.05, 0) is 50.7 Å². The van der Waals surface area contributed by atoms with Crippen molar-refractivity contribution in [2.45, 2.75) is 32.6 Å². The van der Waals surface area contributed by atoms with E-state index in [-0.39, 0.29) is 12.3 Å². The molecule has 2 aliphatic rings. The Morgan fingerprint density at radius 1 is 1.23 bits per heavy atom. The molecule has 1 aromatic rings. The maximum atomic E-state index is 12.2. The normalized spacial score (nSPS) is 29.5. The van der Waals surface area contributed by atoms with Gasteiger partial charge in [0.15, 0.2) is 0 Å². The molecule has 1 aliphatic carbocycles. The Labute approximate surface area is 152 Å². The third-order valence-electron chi connectivity index (χ3n) is 5.90. The predicted molar refractivity (Wildman–Crippen MR) is 97.8 cm³/mol. The molecule has 1 aliphatic heterocycles. The van der Waals surface area contributed by atoms with Crippen molar-refractivity contribution in [3.63, 3.8) is 0 Å². The van der Waals surface area contributed by atoms with E-state index in [1.54, 1.807) is 31.3 Å². The molecule has 0 saturated carbocycles. The number of hydrogen-bond acceptors (Lipinski definition) is 5. The Balaban J connectivity index is 1.78. The number of pyridine rings is 1. The van der Waals surface area contributed by atoms with Gasteiger partial charge >= 0.3 is 11.9 Å². The van der Waals surface area contributed by atoms with Crippen LogP contribution in [0.25, 0.3) is 0 Å². The van der Waals surface area contributed by atoms with Gasteiger partial charge in [0, 0.05) is 13.1 Å². The first-order valence-electron chi connectivity index (χ1n) is 8.88. The molecule has 2 atom stereocenters. The highest BCUT2D eigenvalue weighted by Gasteiger charge is 2.52. The molecule has 7 nitrogen and oxygen atoms in total. The number of nitrogens with two attached hydrogens (primary N) is 1. The smallest absolute Gasteiger partial charge is 0.313 e.